The topological polar surface area (TPSA) is 144 Å². The van der Waals surface area contributed by atoms with E-state index in [-0.39, 0.29) is 69.1 Å². The number of carbonyl (C=O) groups excluding carboxylic acids is 7. The monoisotopic (exact) mass is 616 g/mol. The summed E-state index contributed by atoms with van der Waals surface area (Å²) in [5, 5.41) is 0. The summed E-state index contributed by atoms with van der Waals surface area (Å²) in [6, 6.07) is 20.0. The summed E-state index contributed by atoms with van der Waals surface area (Å²) in [6.45, 7) is 3.64. The number of carbonyl (C=O) groups is 7. The van der Waals surface area contributed by atoms with Gasteiger partial charge in [0.15, 0.2) is 5.78 Å². The Morgan fingerprint density at radius 3 is 1.28 bits per heavy atom. The number of amides is 4. The van der Waals surface area contributed by atoms with Gasteiger partial charge in [-0.05, 0) is 74.5 Å². The normalized spacial score (nSPS) is 13.5. The SMILES string of the molecule is CCOC(=O)c1cccc(N2C(=O)c3ccc(C(=O)c4ccc5c(c4)C(=O)N(c4cccc(C(=O)OCC)c4)C5=O)cc3C2=O)c1. The van der Waals surface area contributed by atoms with Crippen LogP contribution in [0.1, 0.15) is 91.9 Å². The molecule has 0 spiro atoms. The maximum absolute atomic E-state index is 13.6. The molecule has 0 fully saturated rings. The van der Waals surface area contributed by atoms with Crippen molar-refractivity contribution < 1.29 is 43.0 Å². The van der Waals surface area contributed by atoms with E-state index in [4.69, 9.17) is 9.47 Å². The van der Waals surface area contributed by atoms with Gasteiger partial charge in [0.25, 0.3) is 23.6 Å². The first kappa shape index (κ1) is 29.8. The van der Waals surface area contributed by atoms with Crippen LogP contribution in [0, 0.1) is 0 Å². The Morgan fingerprint density at radius 2 is 0.891 bits per heavy atom. The third kappa shape index (κ3) is 4.93. The van der Waals surface area contributed by atoms with Crippen molar-refractivity contribution in [1.82, 2.24) is 0 Å². The van der Waals surface area contributed by atoms with Gasteiger partial charge >= 0.3 is 11.9 Å². The number of nitrogens with zero attached hydrogens (tertiary/aromatic N) is 2. The Kier molecular flexibility index (Phi) is 7.58. The van der Waals surface area contributed by atoms with Crippen LogP contribution in [0.4, 0.5) is 11.4 Å². The van der Waals surface area contributed by atoms with Gasteiger partial charge in [-0.1, -0.05) is 24.3 Å². The molecule has 0 aromatic heterocycles. The lowest BCUT2D eigenvalue weighted by molar-refractivity contribution is 0.0517. The molecule has 228 valence electrons. The highest BCUT2D eigenvalue weighted by atomic mass is 16.5. The fourth-order valence-electron chi connectivity index (χ4n) is 5.37. The Balaban J connectivity index is 1.27. The average Bonchev–Trinajstić information content (AvgIpc) is 3.47. The van der Waals surface area contributed by atoms with Crippen LogP contribution in [0.5, 0.6) is 0 Å². The van der Waals surface area contributed by atoms with Crippen molar-refractivity contribution in [3.05, 3.63) is 129 Å². The van der Waals surface area contributed by atoms with Gasteiger partial charge in [-0.15, -0.1) is 0 Å². The van der Waals surface area contributed by atoms with Crippen LogP contribution in [0.2, 0.25) is 0 Å². The molecule has 0 saturated carbocycles. The second-order valence-corrected chi connectivity index (χ2v) is 10.3. The molecule has 0 N–H and O–H groups in total. The highest BCUT2D eigenvalue weighted by Crippen LogP contribution is 2.32. The quantitative estimate of drug-likeness (QED) is 0.154. The van der Waals surface area contributed by atoms with Crippen LogP contribution in [-0.2, 0) is 9.47 Å². The van der Waals surface area contributed by atoms with Crippen LogP contribution >= 0.6 is 0 Å². The summed E-state index contributed by atoms with van der Waals surface area (Å²) in [6.07, 6.45) is 0. The van der Waals surface area contributed by atoms with Gasteiger partial charge in [-0.3, -0.25) is 24.0 Å². The minimum Gasteiger partial charge on any atom is -0.462 e. The summed E-state index contributed by atoms with van der Waals surface area (Å²) >= 11 is 0. The maximum Gasteiger partial charge on any atom is 0.338 e. The maximum atomic E-state index is 13.6. The molecule has 4 aromatic rings. The lowest BCUT2D eigenvalue weighted by atomic mass is 9.96. The second-order valence-electron chi connectivity index (χ2n) is 10.3. The molecular weight excluding hydrogens is 592 g/mol. The molecule has 0 bridgehead atoms. The smallest absolute Gasteiger partial charge is 0.338 e. The molecule has 2 aliphatic heterocycles. The van der Waals surface area contributed by atoms with Crippen LogP contribution in [-0.4, -0.2) is 54.6 Å². The molecule has 0 saturated heterocycles. The first-order valence-corrected chi connectivity index (χ1v) is 14.3. The zero-order valence-corrected chi connectivity index (χ0v) is 24.6. The summed E-state index contributed by atoms with van der Waals surface area (Å²) in [4.78, 5) is 93.0. The van der Waals surface area contributed by atoms with Gasteiger partial charge < -0.3 is 9.47 Å². The molecule has 4 aromatic carbocycles. The third-order valence-corrected chi connectivity index (χ3v) is 7.53. The molecule has 11 nitrogen and oxygen atoms in total. The average molecular weight is 617 g/mol. The Morgan fingerprint density at radius 1 is 0.500 bits per heavy atom. The predicted molar refractivity (Wildman–Crippen MR) is 163 cm³/mol. The molecule has 4 amide bonds. The van der Waals surface area contributed by atoms with Crippen molar-refractivity contribution in [1.29, 1.82) is 0 Å². The highest BCUT2D eigenvalue weighted by molar-refractivity contribution is 6.36. The number of hydrogen-bond donors (Lipinski definition) is 0. The van der Waals surface area contributed by atoms with Gasteiger partial charge in [-0.2, -0.15) is 0 Å². The number of ether oxygens (including phenoxy) is 2. The number of imide groups is 2. The number of rotatable bonds is 8. The van der Waals surface area contributed by atoms with Crippen LogP contribution in [0.25, 0.3) is 0 Å². The van der Waals surface area contributed by atoms with Gasteiger partial charge in [0.1, 0.15) is 0 Å². The van der Waals surface area contributed by atoms with E-state index in [0.717, 1.165) is 9.80 Å². The van der Waals surface area contributed by atoms with Crippen LogP contribution < -0.4 is 9.80 Å². The van der Waals surface area contributed by atoms with E-state index in [2.05, 4.69) is 0 Å². The Bertz CT molecular complexity index is 1890. The first-order valence-electron chi connectivity index (χ1n) is 14.3. The van der Waals surface area contributed by atoms with Crippen molar-refractivity contribution >= 4 is 52.7 Å². The standard InChI is InChI=1S/C35H24N2O9/c1-3-45-34(43)21-7-5-9-23(15-21)36-30(39)25-13-11-19(17-27(25)32(36)41)29(38)20-12-14-26-28(18-20)33(42)37(31(26)40)24-10-6-8-22(16-24)35(44)46-4-2/h5-18H,3-4H2,1-2H3. The van der Waals surface area contributed by atoms with E-state index in [1.54, 1.807) is 13.8 Å². The zero-order chi connectivity index (χ0) is 32.7. The van der Waals surface area contributed by atoms with Crippen molar-refractivity contribution in [3.63, 3.8) is 0 Å². The van der Waals surface area contributed by atoms with Gasteiger partial charge in [0, 0.05) is 11.1 Å². The lowest BCUT2D eigenvalue weighted by Gasteiger charge is -2.14. The van der Waals surface area contributed by atoms with Crippen molar-refractivity contribution in [2.45, 2.75) is 13.8 Å². The number of hydrogen-bond acceptors (Lipinski definition) is 9. The number of anilines is 2. The summed E-state index contributed by atoms with van der Waals surface area (Å²) < 4.78 is 10.0. The lowest BCUT2D eigenvalue weighted by Crippen LogP contribution is -2.29. The molecular formula is C35H24N2O9. The second kappa shape index (κ2) is 11.7. The summed E-state index contributed by atoms with van der Waals surface area (Å²) in [5.41, 5.74) is 0.998. The summed E-state index contributed by atoms with van der Waals surface area (Å²) in [5.74, 6) is -4.33. The highest BCUT2D eigenvalue weighted by Gasteiger charge is 2.39. The van der Waals surface area contributed by atoms with E-state index in [1.165, 1.54) is 84.9 Å². The first-order chi connectivity index (χ1) is 22.1. The molecule has 0 atom stereocenters. The largest absolute Gasteiger partial charge is 0.462 e. The fourth-order valence-corrected chi connectivity index (χ4v) is 5.37. The molecule has 11 heteroatoms. The number of benzene rings is 4. The molecule has 0 unspecified atom stereocenters. The van der Waals surface area contributed by atoms with Gasteiger partial charge in [0.2, 0.25) is 0 Å². The van der Waals surface area contributed by atoms with E-state index in [0.29, 0.717) is 0 Å². The molecule has 2 aliphatic rings. The molecule has 46 heavy (non-hydrogen) atoms. The predicted octanol–water partition coefficient (Wildman–Crippen LogP) is 4.87. The van der Waals surface area contributed by atoms with E-state index < -0.39 is 41.4 Å². The molecule has 0 radical (unpaired) electrons. The Hall–Kier alpha value is -6.23. The van der Waals surface area contributed by atoms with Crippen molar-refractivity contribution in [2.24, 2.45) is 0 Å². The van der Waals surface area contributed by atoms with Crippen LogP contribution in [0.3, 0.4) is 0 Å². The van der Waals surface area contributed by atoms with Crippen LogP contribution in [0.15, 0.2) is 84.9 Å². The minimum atomic E-state index is -0.675. The third-order valence-electron chi connectivity index (χ3n) is 7.53. The van der Waals surface area contributed by atoms with Crippen molar-refractivity contribution in [3.8, 4) is 0 Å². The van der Waals surface area contributed by atoms with Crippen molar-refractivity contribution in [2.75, 3.05) is 23.0 Å². The Labute approximate surface area is 261 Å². The van der Waals surface area contributed by atoms with E-state index in [1.807, 2.05) is 0 Å². The number of esters is 2. The van der Waals surface area contributed by atoms with Gasteiger partial charge in [0.05, 0.1) is 58.0 Å². The number of fused-ring (bicyclic) bond motifs is 2. The molecule has 2 heterocycles. The molecule has 0 aliphatic carbocycles. The number of ketones is 1. The summed E-state index contributed by atoms with van der Waals surface area (Å²) in [7, 11) is 0. The van der Waals surface area contributed by atoms with Gasteiger partial charge in [-0.25, -0.2) is 19.4 Å². The van der Waals surface area contributed by atoms with E-state index >= 15 is 0 Å². The molecule has 6 rings (SSSR count). The fraction of sp³-hybridized carbons (Fsp3) is 0.114. The van der Waals surface area contributed by atoms with E-state index in [9.17, 15) is 33.6 Å². The zero-order valence-electron chi connectivity index (χ0n) is 24.6. The minimum absolute atomic E-state index is 0.00235.